The Morgan fingerprint density at radius 3 is 2.61 bits per heavy atom. The zero-order chi connectivity index (χ0) is 22.5. The van der Waals surface area contributed by atoms with E-state index in [2.05, 4.69) is 10.1 Å². The number of aliphatic hydroxyl groups is 1. The number of hydrogen-bond acceptors (Lipinski definition) is 7. The van der Waals surface area contributed by atoms with E-state index in [1.54, 1.807) is 6.08 Å². The molecule has 9 nitrogen and oxygen atoms in total. The van der Waals surface area contributed by atoms with Crippen LogP contribution in [0.15, 0.2) is 35.9 Å². The number of benzene rings is 1. The fraction of sp³-hybridized carbons (Fsp3) is 0.429. The van der Waals surface area contributed by atoms with Gasteiger partial charge in [0.2, 0.25) is 12.2 Å². The molecule has 2 heterocycles. The van der Waals surface area contributed by atoms with E-state index in [9.17, 15) is 28.7 Å². The summed E-state index contributed by atoms with van der Waals surface area (Å²) in [4.78, 5) is 49.7. The highest BCUT2D eigenvalue weighted by molar-refractivity contribution is 5.94. The molecule has 31 heavy (non-hydrogen) atoms. The summed E-state index contributed by atoms with van der Waals surface area (Å²) in [5.41, 5.74) is 6.89. The van der Waals surface area contributed by atoms with Gasteiger partial charge in [0, 0.05) is 31.0 Å². The molecule has 3 atom stereocenters. The van der Waals surface area contributed by atoms with Crippen LogP contribution in [0.3, 0.4) is 0 Å². The number of ketones is 1. The highest BCUT2D eigenvalue weighted by Crippen LogP contribution is 2.24. The molecule has 2 aliphatic heterocycles. The predicted octanol–water partition coefficient (Wildman–Crippen LogP) is -0.118. The third kappa shape index (κ3) is 5.96. The highest BCUT2D eigenvalue weighted by atomic mass is 19.1. The molecule has 1 aromatic rings. The van der Waals surface area contributed by atoms with Gasteiger partial charge in [-0.25, -0.2) is 4.39 Å². The molecule has 0 saturated carbocycles. The maximum absolute atomic E-state index is 13.0. The van der Waals surface area contributed by atoms with Gasteiger partial charge in [-0.1, -0.05) is 6.08 Å². The molecule has 10 heteroatoms. The number of halogens is 1. The normalized spacial score (nSPS) is 23.8. The lowest BCUT2D eigenvalue weighted by atomic mass is 10.00. The Morgan fingerprint density at radius 2 is 1.97 bits per heavy atom. The first-order chi connectivity index (χ1) is 14.7. The molecule has 0 bridgehead atoms. The Labute approximate surface area is 178 Å². The monoisotopic (exact) mass is 433 g/mol. The zero-order valence-electron chi connectivity index (χ0n) is 16.8. The van der Waals surface area contributed by atoms with Crippen molar-refractivity contribution in [3.05, 3.63) is 47.3 Å². The predicted molar refractivity (Wildman–Crippen MR) is 106 cm³/mol. The van der Waals surface area contributed by atoms with Gasteiger partial charge in [-0.15, -0.1) is 0 Å². The number of carbonyl (C=O) groups excluding carboxylic acids is 4. The Kier molecular flexibility index (Phi) is 7.13. The number of rotatable bonds is 7. The van der Waals surface area contributed by atoms with Crippen LogP contribution in [0.25, 0.3) is 0 Å². The lowest BCUT2D eigenvalue weighted by molar-refractivity contribution is -0.156. The molecule has 166 valence electrons. The smallest absolute Gasteiger partial charge is 0.308 e. The molecule has 0 radical (unpaired) electrons. The van der Waals surface area contributed by atoms with E-state index in [1.165, 1.54) is 29.2 Å². The molecular formula is C21H24FN3O6. The number of nitrogens with two attached hydrogens (primary N) is 1. The zero-order valence-corrected chi connectivity index (χ0v) is 16.8. The third-order valence-electron chi connectivity index (χ3n) is 5.21. The molecule has 1 fully saturated rings. The minimum absolute atomic E-state index is 0.0546. The SMILES string of the molecule is NC1CC=C(CNC(=O)c2ccc(F)cc2)CN(CC(=O)CC2CC(=O)OC2O)C1=O. The van der Waals surface area contributed by atoms with Gasteiger partial charge in [-0.3, -0.25) is 19.2 Å². The van der Waals surface area contributed by atoms with Crippen molar-refractivity contribution in [2.45, 2.75) is 31.6 Å². The number of aliphatic hydroxyl groups excluding tert-OH is 1. The van der Waals surface area contributed by atoms with Crippen molar-refractivity contribution in [3.8, 4) is 0 Å². The van der Waals surface area contributed by atoms with Crippen LogP contribution in [0.4, 0.5) is 4.39 Å². The number of hydrogen-bond donors (Lipinski definition) is 3. The van der Waals surface area contributed by atoms with E-state index in [0.717, 1.165) is 0 Å². The minimum Gasteiger partial charge on any atom is -0.436 e. The van der Waals surface area contributed by atoms with Crippen LogP contribution in [-0.2, 0) is 19.1 Å². The topological polar surface area (TPSA) is 139 Å². The second-order valence-electron chi connectivity index (χ2n) is 7.68. The number of ether oxygens (including phenoxy) is 1. The summed E-state index contributed by atoms with van der Waals surface area (Å²) in [5.74, 6) is -2.79. The average Bonchev–Trinajstić information content (AvgIpc) is 2.97. The van der Waals surface area contributed by atoms with Crippen molar-refractivity contribution >= 4 is 23.6 Å². The number of amides is 2. The molecule has 3 rings (SSSR count). The summed E-state index contributed by atoms with van der Waals surface area (Å²) in [6.07, 6.45) is 0.531. The van der Waals surface area contributed by atoms with Gasteiger partial charge in [0.25, 0.3) is 5.91 Å². The molecular weight excluding hydrogens is 409 g/mol. The average molecular weight is 433 g/mol. The van der Waals surface area contributed by atoms with Gasteiger partial charge in [0.15, 0.2) is 5.78 Å². The van der Waals surface area contributed by atoms with Crippen LogP contribution >= 0.6 is 0 Å². The molecule has 0 aromatic heterocycles. The van der Waals surface area contributed by atoms with Crippen molar-refractivity contribution in [3.63, 3.8) is 0 Å². The summed E-state index contributed by atoms with van der Waals surface area (Å²) in [5, 5.41) is 12.4. The molecule has 0 aliphatic carbocycles. The van der Waals surface area contributed by atoms with E-state index in [1.807, 2.05) is 0 Å². The van der Waals surface area contributed by atoms with Crippen molar-refractivity contribution in [2.24, 2.45) is 11.7 Å². The van der Waals surface area contributed by atoms with Crippen molar-refractivity contribution in [1.29, 1.82) is 0 Å². The largest absolute Gasteiger partial charge is 0.436 e. The maximum atomic E-state index is 13.0. The maximum Gasteiger partial charge on any atom is 0.308 e. The standard InChI is InChI=1S/C21H24FN3O6/c22-15-4-2-13(3-5-15)19(28)24-9-12-1-6-17(23)20(29)25(10-12)11-16(26)7-14-8-18(27)31-21(14)30/h1-5,14,17,21,30H,6-11,23H2,(H,24,28). The van der Waals surface area contributed by atoms with Gasteiger partial charge in [-0.2, -0.15) is 0 Å². The van der Waals surface area contributed by atoms with E-state index >= 15 is 0 Å². The molecule has 2 aliphatic rings. The fourth-order valence-electron chi connectivity index (χ4n) is 3.51. The second kappa shape index (κ2) is 9.80. The Hall–Kier alpha value is -3.11. The van der Waals surface area contributed by atoms with E-state index < -0.39 is 41.9 Å². The number of nitrogens with zero attached hydrogens (tertiary/aromatic N) is 1. The Morgan fingerprint density at radius 1 is 1.26 bits per heavy atom. The van der Waals surface area contributed by atoms with Gasteiger partial charge in [0.1, 0.15) is 5.82 Å². The molecule has 4 N–H and O–H groups in total. The molecule has 0 spiro atoms. The summed E-state index contributed by atoms with van der Waals surface area (Å²) in [6, 6.07) is 4.28. The number of Topliss-reactive ketones (excluding diaryl/α,β-unsaturated/α-hetero) is 1. The Balaban J connectivity index is 1.58. The first-order valence-electron chi connectivity index (χ1n) is 9.88. The first-order valence-corrected chi connectivity index (χ1v) is 9.88. The highest BCUT2D eigenvalue weighted by Gasteiger charge is 2.35. The van der Waals surface area contributed by atoms with Crippen LogP contribution in [-0.4, -0.2) is 65.5 Å². The fourth-order valence-corrected chi connectivity index (χ4v) is 3.51. The first kappa shape index (κ1) is 22.6. The van der Waals surface area contributed by atoms with Gasteiger partial charge >= 0.3 is 5.97 Å². The van der Waals surface area contributed by atoms with Crippen molar-refractivity contribution in [1.82, 2.24) is 10.2 Å². The summed E-state index contributed by atoms with van der Waals surface area (Å²) < 4.78 is 17.6. The molecule has 1 aromatic carbocycles. The van der Waals surface area contributed by atoms with E-state index in [-0.39, 0.29) is 44.7 Å². The van der Waals surface area contributed by atoms with Gasteiger partial charge in [-0.05, 0) is 36.3 Å². The molecule has 2 amide bonds. The van der Waals surface area contributed by atoms with Crippen LogP contribution in [0.5, 0.6) is 0 Å². The quantitative estimate of drug-likeness (QED) is 0.402. The summed E-state index contributed by atoms with van der Waals surface area (Å²) in [7, 11) is 0. The minimum atomic E-state index is -1.32. The van der Waals surface area contributed by atoms with Crippen molar-refractivity contribution in [2.75, 3.05) is 19.6 Å². The van der Waals surface area contributed by atoms with Crippen LogP contribution in [0, 0.1) is 11.7 Å². The lowest BCUT2D eigenvalue weighted by Crippen LogP contribution is -2.45. The van der Waals surface area contributed by atoms with E-state index in [4.69, 9.17) is 5.73 Å². The van der Waals surface area contributed by atoms with Crippen molar-refractivity contribution < 1.29 is 33.4 Å². The van der Waals surface area contributed by atoms with Gasteiger partial charge in [0.05, 0.1) is 19.0 Å². The van der Waals surface area contributed by atoms with Crippen LogP contribution in [0.1, 0.15) is 29.6 Å². The molecule has 1 saturated heterocycles. The number of esters is 1. The number of carbonyl (C=O) groups is 4. The lowest BCUT2D eigenvalue weighted by Gasteiger charge is -2.24. The number of cyclic esters (lactones) is 1. The Bertz CT molecular complexity index is 901. The molecule has 3 unspecified atom stereocenters. The van der Waals surface area contributed by atoms with Crippen LogP contribution < -0.4 is 11.1 Å². The summed E-state index contributed by atoms with van der Waals surface area (Å²) in [6.45, 7) is 0.00238. The van der Waals surface area contributed by atoms with E-state index in [0.29, 0.717) is 11.1 Å². The van der Waals surface area contributed by atoms with Crippen LogP contribution in [0.2, 0.25) is 0 Å². The summed E-state index contributed by atoms with van der Waals surface area (Å²) >= 11 is 0. The second-order valence-corrected chi connectivity index (χ2v) is 7.68. The van der Waals surface area contributed by atoms with Gasteiger partial charge < -0.3 is 25.8 Å². The number of nitrogens with one attached hydrogen (secondary N) is 1. The third-order valence-corrected chi connectivity index (χ3v) is 5.21.